The van der Waals surface area contributed by atoms with E-state index in [1.165, 1.54) is 19.2 Å². The molecule has 1 aliphatic heterocycles. The topological polar surface area (TPSA) is 77.9 Å². The Morgan fingerprint density at radius 1 is 1.00 bits per heavy atom. The monoisotopic (exact) mass is 498 g/mol. The van der Waals surface area contributed by atoms with Crippen molar-refractivity contribution in [2.75, 3.05) is 24.4 Å². The molecule has 1 heterocycles. The molecule has 1 fully saturated rings. The number of amides is 1. The molecule has 6 nitrogen and oxygen atoms in total. The summed E-state index contributed by atoms with van der Waals surface area (Å²) in [7, 11) is -2.42. The molecule has 0 bridgehead atoms. The van der Waals surface area contributed by atoms with Gasteiger partial charge in [-0.1, -0.05) is 54.1 Å². The van der Waals surface area contributed by atoms with Gasteiger partial charge in [-0.2, -0.15) is 0 Å². The SMILES string of the molecule is CN(c1cccc(Cl)c1)S(=O)(=O)c1cccc(C(=O)N2CCC(C(O)c3ccccc3)CC2)c1. The molecule has 0 radical (unpaired) electrons. The second kappa shape index (κ2) is 10.2. The van der Waals surface area contributed by atoms with E-state index in [-0.39, 0.29) is 16.7 Å². The zero-order valence-corrected chi connectivity index (χ0v) is 20.4. The Morgan fingerprint density at radius 2 is 1.68 bits per heavy atom. The molecular formula is C26H27ClN2O4S. The Labute approximate surface area is 205 Å². The lowest BCUT2D eigenvalue weighted by atomic mass is 9.87. The van der Waals surface area contributed by atoms with Gasteiger partial charge in [-0.3, -0.25) is 9.10 Å². The number of halogens is 1. The Balaban J connectivity index is 1.46. The van der Waals surface area contributed by atoms with Crippen molar-refractivity contribution in [2.24, 2.45) is 5.92 Å². The van der Waals surface area contributed by atoms with Crippen LogP contribution in [0.5, 0.6) is 0 Å². The molecule has 0 saturated carbocycles. The average Bonchev–Trinajstić information content (AvgIpc) is 2.88. The van der Waals surface area contributed by atoms with Crippen molar-refractivity contribution in [3.05, 3.63) is 95.0 Å². The summed E-state index contributed by atoms with van der Waals surface area (Å²) < 4.78 is 27.5. The number of hydrogen-bond donors (Lipinski definition) is 1. The number of rotatable bonds is 6. The van der Waals surface area contributed by atoms with Gasteiger partial charge in [0.2, 0.25) is 0 Å². The van der Waals surface area contributed by atoms with Crippen molar-refractivity contribution in [1.82, 2.24) is 4.90 Å². The number of hydrogen-bond acceptors (Lipinski definition) is 4. The van der Waals surface area contributed by atoms with E-state index in [1.807, 2.05) is 30.3 Å². The summed E-state index contributed by atoms with van der Waals surface area (Å²) >= 11 is 6.02. The minimum Gasteiger partial charge on any atom is -0.388 e. The lowest BCUT2D eigenvalue weighted by Gasteiger charge is -2.34. The normalized spacial score (nSPS) is 15.7. The molecular weight excluding hydrogens is 472 g/mol. The minimum absolute atomic E-state index is 0.0372. The van der Waals surface area contributed by atoms with Crippen LogP contribution in [0.25, 0.3) is 0 Å². The molecule has 3 aromatic rings. The van der Waals surface area contributed by atoms with Crippen molar-refractivity contribution < 1.29 is 18.3 Å². The molecule has 1 saturated heterocycles. The summed E-state index contributed by atoms with van der Waals surface area (Å²) in [6.45, 7) is 1.01. The minimum atomic E-state index is -3.88. The highest BCUT2D eigenvalue weighted by atomic mass is 35.5. The fraction of sp³-hybridized carbons (Fsp3) is 0.269. The molecule has 178 valence electrons. The summed E-state index contributed by atoms with van der Waals surface area (Å²) in [5.41, 5.74) is 1.64. The smallest absolute Gasteiger partial charge is 0.264 e. The van der Waals surface area contributed by atoms with Crippen LogP contribution in [-0.4, -0.2) is 44.5 Å². The number of piperidine rings is 1. The average molecular weight is 499 g/mol. The van der Waals surface area contributed by atoms with Gasteiger partial charge in [0.25, 0.3) is 15.9 Å². The van der Waals surface area contributed by atoms with Crippen LogP contribution in [0.2, 0.25) is 5.02 Å². The molecule has 3 aromatic carbocycles. The quantitative estimate of drug-likeness (QED) is 0.532. The molecule has 0 spiro atoms. The van der Waals surface area contributed by atoms with Crippen LogP contribution in [0.15, 0.2) is 83.8 Å². The van der Waals surface area contributed by atoms with Gasteiger partial charge < -0.3 is 10.0 Å². The largest absolute Gasteiger partial charge is 0.388 e. The predicted molar refractivity (Wildman–Crippen MR) is 134 cm³/mol. The summed E-state index contributed by atoms with van der Waals surface area (Å²) in [6.07, 6.45) is 0.795. The van der Waals surface area contributed by atoms with E-state index in [0.29, 0.717) is 42.2 Å². The van der Waals surface area contributed by atoms with E-state index in [1.54, 1.807) is 41.3 Å². The van der Waals surface area contributed by atoms with Crippen molar-refractivity contribution in [3.8, 4) is 0 Å². The number of nitrogens with zero attached hydrogens (tertiary/aromatic N) is 2. The maximum Gasteiger partial charge on any atom is 0.264 e. The number of likely N-dealkylation sites (tertiary alicyclic amines) is 1. The molecule has 0 aliphatic carbocycles. The first-order valence-electron chi connectivity index (χ1n) is 11.1. The Bertz CT molecular complexity index is 1260. The van der Waals surface area contributed by atoms with Crippen LogP contribution in [0, 0.1) is 5.92 Å². The Morgan fingerprint density at radius 3 is 2.35 bits per heavy atom. The van der Waals surface area contributed by atoms with Gasteiger partial charge in [-0.05, 0) is 60.7 Å². The fourth-order valence-corrected chi connectivity index (χ4v) is 5.70. The van der Waals surface area contributed by atoms with E-state index < -0.39 is 16.1 Å². The number of aliphatic hydroxyl groups is 1. The van der Waals surface area contributed by atoms with Crippen LogP contribution in [0.3, 0.4) is 0 Å². The van der Waals surface area contributed by atoms with Crippen LogP contribution in [0.1, 0.15) is 34.9 Å². The van der Waals surface area contributed by atoms with E-state index in [4.69, 9.17) is 11.6 Å². The summed E-state index contributed by atoms with van der Waals surface area (Å²) in [5, 5.41) is 11.1. The Hall–Kier alpha value is -2.87. The van der Waals surface area contributed by atoms with Gasteiger partial charge in [0, 0.05) is 30.7 Å². The van der Waals surface area contributed by atoms with Crippen LogP contribution >= 0.6 is 11.6 Å². The molecule has 1 unspecified atom stereocenters. The highest BCUT2D eigenvalue weighted by Gasteiger charge is 2.29. The maximum absolute atomic E-state index is 13.2. The molecule has 1 atom stereocenters. The van der Waals surface area contributed by atoms with Crippen molar-refractivity contribution in [2.45, 2.75) is 23.8 Å². The molecule has 34 heavy (non-hydrogen) atoms. The van der Waals surface area contributed by atoms with Gasteiger partial charge in [0.15, 0.2) is 0 Å². The van der Waals surface area contributed by atoms with Gasteiger partial charge in [0.05, 0.1) is 16.7 Å². The lowest BCUT2D eigenvalue weighted by molar-refractivity contribution is 0.0462. The Kier molecular flexibility index (Phi) is 7.26. The third-order valence-electron chi connectivity index (χ3n) is 6.33. The van der Waals surface area contributed by atoms with Crippen LogP contribution < -0.4 is 4.31 Å². The summed E-state index contributed by atoms with van der Waals surface area (Å²) in [5.74, 6) is -0.139. The van der Waals surface area contributed by atoms with E-state index >= 15 is 0 Å². The van der Waals surface area contributed by atoms with Crippen LogP contribution in [-0.2, 0) is 10.0 Å². The maximum atomic E-state index is 13.2. The zero-order valence-electron chi connectivity index (χ0n) is 18.8. The second-order valence-corrected chi connectivity index (χ2v) is 10.9. The first kappa shape index (κ1) is 24.3. The first-order valence-corrected chi connectivity index (χ1v) is 13.0. The molecule has 1 amide bonds. The number of anilines is 1. The third-order valence-corrected chi connectivity index (χ3v) is 8.34. The molecule has 8 heteroatoms. The fourth-order valence-electron chi connectivity index (χ4n) is 4.28. The zero-order chi connectivity index (χ0) is 24.3. The van der Waals surface area contributed by atoms with E-state index in [2.05, 4.69) is 0 Å². The number of carbonyl (C=O) groups excluding carboxylic acids is 1. The van der Waals surface area contributed by atoms with Crippen LogP contribution in [0.4, 0.5) is 5.69 Å². The van der Waals surface area contributed by atoms with Crippen molar-refractivity contribution in [3.63, 3.8) is 0 Å². The van der Waals surface area contributed by atoms with Gasteiger partial charge >= 0.3 is 0 Å². The van der Waals surface area contributed by atoms with Crippen molar-refractivity contribution in [1.29, 1.82) is 0 Å². The highest BCUT2D eigenvalue weighted by Crippen LogP contribution is 2.31. The van der Waals surface area contributed by atoms with Gasteiger partial charge in [-0.15, -0.1) is 0 Å². The summed E-state index contributed by atoms with van der Waals surface area (Å²) in [4.78, 5) is 14.9. The number of aliphatic hydroxyl groups excluding tert-OH is 1. The van der Waals surface area contributed by atoms with Gasteiger partial charge in [0.1, 0.15) is 0 Å². The molecule has 1 N–H and O–H groups in total. The van der Waals surface area contributed by atoms with E-state index in [0.717, 1.165) is 9.87 Å². The molecule has 4 rings (SSSR count). The van der Waals surface area contributed by atoms with E-state index in [9.17, 15) is 18.3 Å². The molecule has 1 aliphatic rings. The highest BCUT2D eigenvalue weighted by molar-refractivity contribution is 7.92. The predicted octanol–water partition coefficient (Wildman–Crippen LogP) is 4.75. The lowest BCUT2D eigenvalue weighted by Crippen LogP contribution is -2.39. The van der Waals surface area contributed by atoms with Gasteiger partial charge in [-0.25, -0.2) is 8.42 Å². The first-order chi connectivity index (χ1) is 16.3. The summed E-state index contributed by atoms with van der Waals surface area (Å²) in [6, 6.07) is 22.2. The standard InChI is InChI=1S/C26H27ClN2O4S/c1-28(23-11-6-10-22(27)18-23)34(32,33)24-12-5-9-21(17-24)26(31)29-15-13-20(14-16-29)25(30)19-7-3-2-4-8-19/h2-12,17-18,20,25,30H,13-16H2,1H3. The number of sulfonamides is 1. The molecule has 0 aromatic heterocycles. The number of benzene rings is 3. The second-order valence-electron chi connectivity index (χ2n) is 8.47. The third kappa shape index (κ3) is 5.12. The van der Waals surface area contributed by atoms with Crippen molar-refractivity contribution >= 4 is 33.2 Å². The number of carbonyl (C=O) groups is 1.